The summed E-state index contributed by atoms with van der Waals surface area (Å²) in [5.74, 6) is -0.408. The van der Waals surface area contributed by atoms with E-state index in [1.165, 1.54) is 18.2 Å². The Morgan fingerprint density at radius 1 is 1.11 bits per heavy atom. The molecule has 10 heteroatoms. The van der Waals surface area contributed by atoms with E-state index in [2.05, 4.69) is 15.4 Å². The molecule has 0 aromatic heterocycles. The van der Waals surface area contributed by atoms with Crippen molar-refractivity contribution in [2.75, 3.05) is 26.3 Å². The van der Waals surface area contributed by atoms with E-state index in [0.29, 0.717) is 31.3 Å². The predicted octanol–water partition coefficient (Wildman–Crippen LogP) is 0.403. The van der Waals surface area contributed by atoms with E-state index in [1.807, 2.05) is 6.92 Å². The molecule has 2 rings (SSSR count). The van der Waals surface area contributed by atoms with Crippen LogP contribution in [0.2, 0.25) is 0 Å². The summed E-state index contributed by atoms with van der Waals surface area (Å²) >= 11 is 0. The van der Waals surface area contributed by atoms with E-state index in [4.69, 9.17) is 9.47 Å². The lowest BCUT2D eigenvalue weighted by atomic mass is 10.1. The van der Waals surface area contributed by atoms with Crippen molar-refractivity contribution in [3.63, 3.8) is 0 Å². The van der Waals surface area contributed by atoms with Crippen LogP contribution in [0.25, 0.3) is 0 Å². The first kappa shape index (κ1) is 22.0. The lowest BCUT2D eigenvalue weighted by molar-refractivity contribution is -0.127. The van der Waals surface area contributed by atoms with Gasteiger partial charge in [-0.2, -0.15) is 4.72 Å². The Morgan fingerprint density at radius 2 is 1.79 bits per heavy atom. The van der Waals surface area contributed by atoms with Gasteiger partial charge >= 0.3 is 0 Å². The zero-order valence-corrected chi connectivity index (χ0v) is 17.1. The molecular formula is C18H27N3O6S. The summed E-state index contributed by atoms with van der Waals surface area (Å²) in [6.45, 7) is 6.38. The zero-order valence-electron chi connectivity index (χ0n) is 16.3. The normalized spacial score (nSPS) is 14.4. The van der Waals surface area contributed by atoms with Gasteiger partial charge in [0, 0.05) is 12.6 Å². The highest BCUT2D eigenvalue weighted by Gasteiger charge is 2.29. The van der Waals surface area contributed by atoms with Crippen LogP contribution in [-0.4, -0.2) is 52.6 Å². The van der Waals surface area contributed by atoms with E-state index in [1.54, 1.807) is 13.8 Å². The van der Waals surface area contributed by atoms with Gasteiger partial charge in [-0.1, -0.05) is 20.8 Å². The van der Waals surface area contributed by atoms with E-state index >= 15 is 0 Å². The average Bonchev–Trinajstić information content (AvgIpc) is 2.68. The van der Waals surface area contributed by atoms with Gasteiger partial charge < -0.3 is 20.1 Å². The van der Waals surface area contributed by atoms with Gasteiger partial charge in [0.2, 0.25) is 21.8 Å². The third-order valence-electron chi connectivity index (χ3n) is 4.05. The summed E-state index contributed by atoms with van der Waals surface area (Å²) in [5.41, 5.74) is 0. The molecule has 1 aliphatic heterocycles. The van der Waals surface area contributed by atoms with Gasteiger partial charge in [0.05, 0.1) is 11.4 Å². The SMILES string of the molecule is CCCNC(=O)CNC(=O)[C@@H](NS(=O)(=O)c1ccc2c(c1)OCCO2)C(C)C. The highest BCUT2D eigenvalue weighted by Crippen LogP contribution is 2.32. The van der Waals surface area contributed by atoms with Crippen molar-refractivity contribution in [2.24, 2.45) is 5.92 Å². The molecule has 0 saturated carbocycles. The van der Waals surface area contributed by atoms with Gasteiger partial charge in [0.25, 0.3) is 0 Å². The second kappa shape index (κ2) is 9.74. The van der Waals surface area contributed by atoms with Crippen LogP contribution >= 0.6 is 0 Å². The molecule has 1 aromatic carbocycles. The van der Waals surface area contributed by atoms with Crippen molar-refractivity contribution in [1.29, 1.82) is 0 Å². The van der Waals surface area contributed by atoms with Crippen LogP contribution in [0.4, 0.5) is 0 Å². The van der Waals surface area contributed by atoms with Crippen molar-refractivity contribution in [3.05, 3.63) is 18.2 Å². The molecule has 9 nitrogen and oxygen atoms in total. The van der Waals surface area contributed by atoms with E-state index in [9.17, 15) is 18.0 Å². The maximum absolute atomic E-state index is 12.7. The standard InChI is InChI=1S/C18H27N3O6S/c1-4-7-19-16(22)11-20-18(23)17(12(2)3)21-28(24,25)13-5-6-14-15(10-13)27-9-8-26-14/h5-6,10,12,17,21H,4,7-9,11H2,1-3H3,(H,19,22)(H,20,23)/t17-/m0/s1. The van der Waals surface area contributed by atoms with E-state index < -0.39 is 22.0 Å². The topological polar surface area (TPSA) is 123 Å². The summed E-state index contributed by atoms with van der Waals surface area (Å²) in [4.78, 5) is 24.1. The largest absolute Gasteiger partial charge is 0.486 e. The van der Waals surface area contributed by atoms with E-state index in [0.717, 1.165) is 6.42 Å². The Hall–Kier alpha value is -2.33. The van der Waals surface area contributed by atoms with Crippen LogP contribution in [0, 0.1) is 5.92 Å². The molecule has 0 radical (unpaired) electrons. The molecule has 28 heavy (non-hydrogen) atoms. The number of hydrogen-bond acceptors (Lipinski definition) is 6. The van der Waals surface area contributed by atoms with Gasteiger partial charge in [-0.15, -0.1) is 0 Å². The van der Waals surface area contributed by atoms with Crippen LogP contribution in [0.15, 0.2) is 23.1 Å². The van der Waals surface area contributed by atoms with Gasteiger partial charge in [0.1, 0.15) is 19.3 Å². The van der Waals surface area contributed by atoms with Gasteiger partial charge in [0.15, 0.2) is 11.5 Å². The van der Waals surface area contributed by atoms with Crippen molar-refractivity contribution < 1.29 is 27.5 Å². The number of carbonyl (C=O) groups excluding carboxylic acids is 2. The Balaban J connectivity index is 2.07. The predicted molar refractivity (Wildman–Crippen MR) is 103 cm³/mol. The number of benzene rings is 1. The number of amides is 2. The van der Waals surface area contributed by atoms with E-state index in [-0.39, 0.29) is 23.3 Å². The molecule has 0 saturated heterocycles. The summed E-state index contributed by atoms with van der Waals surface area (Å²) in [5, 5.41) is 5.11. The molecule has 2 amide bonds. The first-order valence-electron chi connectivity index (χ1n) is 9.21. The molecule has 1 aliphatic rings. The maximum atomic E-state index is 12.7. The van der Waals surface area contributed by atoms with Crippen LogP contribution in [0.5, 0.6) is 11.5 Å². The molecule has 0 aliphatic carbocycles. The first-order chi connectivity index (χ1) is 13.2. The first-order valence-corrected chi connectivity index (χ1v) is 10.7. The Bertz CT molecular complexity index is 810. The summed E-state index contributed by atoms with van der Waals surface area (Å²) in [7, 11) is -3.98. The lowest BCUT2D eigenvalue weighted by Crippen LogP contribution is -2.51. The zero-order chi connectivity index (χ0) is 20.7. The Labute approximate surface area is 165 Å². The molecular weight excluding hydrogens is 386 g/mol. The second-order valence-electron chi connectivity index (χ2n) is 6.72. The summed E-state index contributed by atoms with van der Waals surface area (Å²) < 4.78 is 38.7. The molecule has 3 N–H and O–H groups in total. The van der Waals surface area contributed by atoms with Crippen molar-refractivity contribution in [3.8, 4) is 11.5 Å². The summed E-state index contributed by atoms with van der Waals surface area (Å²) in [6, 6.07) is 3.25. The molecule has 1 aromatic rings. The quantitative estimate of drug-likeness (QED) is 0.539. The highest BCUT2D eigenvalue weighted by molar-refractivity contribution is 7.89. The minimum Gasteiger partial charge on any atom is -0.486 e. The Morgan fingerprint density at radius 3 is 2.43 bits per heavy atom. The van der Waals surface area contributed by atoms with Gasteiger partial charge in [-0.3, -0.25) is 9.59 Å². The van der Waals surface area contributed by atoms with Crippen molar-refractivity contribution in [1.82, 2.24) is 15.4 Å². The second-order valence-corrected chi connectivity index (χ2v) is 8.43. The summed E-state index contributed by atoms with van der Waals surface area (Å²) in [6.07, 6.45) is 0.781. The fourth-order valence-electron chi connectivity index (χ4n) is 2.52. The number of sulfonamides is 1. The lowest BCUT2D eigenvalue weighted by Gasteiger charge is -2.22. The van der Waals surface area contributed by atoms with Crippen molar-refractivity contribution >= 4 is 21.8 Å². The van der Waals surface area contributed by atoms with Gasteiger partial charge in [-0.05, 0) is 24.5 Å². The number of nitrogens with one attached hydrogen (secondary N) is 3. The van der Waals surface area contributed by atoms with Crippen LogP contribution in [0.3, 0.4) is 0 Å². The van der Waals surface area contributed by atoms with Crippen molar-refractivity contribution in [2.45, 2.75) is 38.1 Å². The fraction of sp³-hybridized carbons (Fsp3) is 0.556. The fourth-order valence-corrected chi connectivity index (χ4v) is 3.88. The number of hydrogen-bond donors (Lipinski definition) is 3. The molecule has 0 spiro atoms. The number of rotatable bonds is 9. The number of carbonyl (C=O) groups is 2. The molecule has 0 unspecified atom stereocenters. The third-order valence-corrected chi connectivity index (χ3v) is 5.49. The van der Waals surface area contributed by atoms with Crippen LogP contribution in [0.1, 0.15) is 27.2 Å². The maximum Gasteiger partial charge on any atom is 0.241 e. The minimum atomic E-state index is -3.98. The Kier molecular flexibility index (Phi) is 7.64. The molecule has 0 fully saturated rings. The highest BCUT2D eigenvalue weighted by atomic mass is 32.2. The average molecular weight is 413 g/mol. The molecule has 1 heterocycles. The van der Waals surface area contributed by atoms with Crippen LogP contribution < -0.4 is 24.8 Å². The molecule has 1 atom stereocenters. The number of fused-ring (bicyclic) bond motifs is 1. The van der Waals surface area contributed by atoms with Crippen LogP contribution in [-0.2, 0) is 19.6 Å². The monoisotopic (exact) mass is 413 g/mol. The minimum absolute atomic E-state index is 0.0316. The third kappa shape index (κ3) is 5.83. The smallest absolute Gasteiger partial charge is 0.241 e. The van der Waals surface area contributed by atoms with Gasteiger partial charge in [-0.25, -0.2) is 8.42 Å². The number of ether oxygens (including phenoxy) is 2. The molecule has 0 bridgehead atoms. The molecule has 156 valence electrons.